The molecule has 0 spiro atoms. The Hall–Kier alpha value is -2.68. The highest BCUT2D eigenvalue weighted by atomic mass is 32.2. The Bertz CT molecular complexity index is 1320. The summed E-state index contributed by atoms with van der Waals surface area (Å²) in [5.74, 6) is -2.09. The van der Waals surface area contributed by atoms with E-state index in [9.17, 15) is 31.2 Å². The number of hydrogen-bond donors (Lipinski definition) is 2. The summed E-state index contributed by atoms with van der Waals surface area (Å²) in [4.78, 5) is 43.7. The van der Waals surface area contributed by atoms with E-state index in [0.29, 0.717) is 11.3 Å². The molecule has 1 aliphatic rings. The lowest BCUT2D eigenvalue weighted by molar-refractivity contribution is -0.128. The number of pyridine rings is 1. The summed E-state index contributed by atoms with van der Waals surface area (Å²) in [6, 6.07) is 5.63. The zero-order chi connectivity index (χ0) is 26.5. The van der Waals surface area contributed by atoms with Crippen molar-refractivity contribution in [1.29, 1.82) is 0 Å². The maximum atomic E-state index is 13.0. The predicted octanol–water partition coefficient (Wildman–Crippen LogP) is 0.523. The smallest absolute Gasteiger partial charge is 0.262 e. The van der Waals surface area contributed by atoms with Crippen molar-refractivity contribution >= 4 is 48.8 Å². The van der Waals surface area contributed by atoms with Crippen LogP contribution >= 0.6 is 11.3 Å². The number of ketones is 1. The molecule has 3 heterocycles. The van der Waals surface area contributed by atoms with E-state index < -0.39 is 56.1 Å². The molecule has 0 saturated carbocycles. The molecule has 0 bridgehead atoms. The SMILES string of the molecule is Cc1ccc(C(=O)N[C@@H](CCS(C)(=O)=O)C(=O)NC2CCCN(S(=O)(=O)c3ccccn3)CC2=O)s1. The second kappa shape index (κ2) is 11.6. The van der Waals surface area contributed by atoms with Crippen LogP contribution in [-0.2, 0) is 29.4 Å². The van der Waals surface area contributed by atoms with Crippen molar-refractivity contribution in [2.24, 2.45) is 0 Å². The number of sulfonamides is 1. The van der Waals surface area contributed by atoms with Crippen molar-refractivity contribution in [3.63, 3.8) is 0 Å². The van der Waals surface area contributed by atoms with Gasteiger partial charge in [0, 0.05) is 23.9 Å². The fraction of sp³-hybridized carbons (Fsp3) is 0.455. The molecule has 2 aromatic rings. The standard InChI is InChI=1S/C22H28N4O7S3/c1-15-8-9-19(34-15)22(29)25-17(10-13-35(2,30)31)21(28)24-16-6-5-12-26(14-18(16)27)36(32,33)20-7-3-4-11-23-20/h3-4,7-9,11,16-17H,5-6,10,12-14H2,1-2H3,(H,24,28)(H,25,29)/t16?,17-/m0/s1. The van der Waals surface area contributed by atoms with Crippen LogP contribution in [0.15, 0.2) is 41.6 Å². The maximum absolute atomic E-state index is 13.0. The molecule has 2 atom stereocenters. The number of thiophene rings is 1. The van der Waals surface area contributed by atoms with E-state index in [1.807, 2.05) is 6.92 Å². The first-order valence-electron chi connectivity index (χ1n) is 11.2. The van der Waals surface area contributed by atoms with Gasteiger partial charge in [-0.3, -0.25) is 14.4 Å². The van der Waals surface area contributed by atoms with Crippen molar-refractivity contribution < 1.29 is 31.2 Å². The van der Waals surface area contributed by atoms with Crippen LogP contribution < -0.4 is 10.6 Å². The van der Waals surface area contributed by atoms with Gasteiger partial charge in [0.1, 0.15) is 15.9 Å². The van der Waals surface area contributed by atoms with Crippen LogP contribution in [0.1, 0.15) is 33.8 Å². The first kappa shape index (κ1) is 27.9. The van der Waals surface area contributed by atoms with Crippen molar-refractivity contribution in [1.82, 2.24) is 19.9 Å². The van der Waals surface area contributed by atoms with Gasteiger partial charge in [0.05, 0.1) is 23.2 Å². The van der Waals surface area contributed by atoms with Gasteiger partial charge in [-0.05, 0) is 50.5 Å². The Morgan fingerprint density at radius 2 is 1.94 bits per heavy atom. The third kappa shape index (κ3) is 7.41. The minimum atomic E-state index is -3.99. The highest BCUT2D eigenvalue weighted by molar-refractivity contribution is 7.90. The summed E-state index contributed by atoms with van der Waals surface area (Å²) in [6.07, 6.45) is 2.69. The number of nitrogens with zero attached hydrogens (tertiary/aromatic N) is 2. The quantitative estimate of drug-likeness (QED) is 0.452. The van der Waals surface area contributed by atoms with Gasteiger partial charge >= 0.3 is 0 Å². The topological polar surface area (TPSA) is 160 Å². The molecule has 0 aliphatic carbocycles. The number of aromatic nitrogens is 1. The number of sulfone groups is 1. The lowest BCUT2D eigenvalue weighted by Crippen LogP contribution is -2.52. The summed E-state index contributed by atoms with van der Waals surface area (Å²) in [5, 5.41) is 4.98. The van der Waals surface area contributed by atoms with Crippen LogP contribution in [0.3, 0.4) is 0 Å². The van der Waals surface area contributed by atoms with Gasteiger partial charge in [0.25, 0.3) is 15.9 Å². The zero-order valence-corrected chi connectivity index (χ0v) is 22.3. The van der Waals surface area contributed by atoms with E-state index in [0.717, 1.165) is 15.4 Å². The van der Waals surface area contributed by atoms with Crippen molar-refractivity contribution in [3.8, 4) is 0 Å². The minimum Gasteiger partial charge on any atom is -0.344 e. The molecule has 14 heteroatoms. The van der Waals surface area contributed by atoms with Crippen LogP contribution in [0, 0.1) is 6.92 Å². The Morgan fingerprint density at radius 3 is 2.56 bits per heavy atom. The molecule has 11 nitrogen and oxygen atoms in total. The lowest BCUT2D eigenvalue weighted by Gasteiger charge is -2.22. The summed E-state index contributed by atoms with van der Waals surface area (Å²) in [7, 11) is -7.41. The molecule has 1 unspecified atom stereocenters. The highest BCUT2D eigenvalue weighted by Crippen LogP contribution is 2.18. The predicted molar refractivity (Wildman–Crippen MR) is 134 cm³/mol. The van der Waals surface area contributed by atoms with Gasteiger partial charge in [0.15, 0.2) is 10.8 Å². The normalized spacial score (nSPS) is 18.3. The van der Waals surface area contributed by atoms with Crippen LogP contribution in [0.25, 0.3) is 0 Å². The molecule has 2 amide bonds. The van der Waals surface area contributed by atoms with Gasteiger partial charge in [-0.1, -0.05) is 6.07 Å². The van der Waals surface area contributed by atoms with Gasteiger partial charge in [-0.15, -0.1) is 11.3 Å². The largest absolute Gasteiger partial charge is 0.344 e. The zero-order valence-electron chi connectivity index (χ0n) is 19.8. The molecule has 2 aromatic heterocycles. The van der Waals surface area contributed by atoms with E-state index in [2.05, 4.69) is 15.6 Å². The first-order valence-corrected chi connectivity index (χ1v) is 15.5. The molecule has 196 valence electrons. The van der Waals surface area contributed by atoms with Gasteiger partial charge in [0.2, 0.25) is 5.91 Å². The highest BCUT2D eigenvalue weighted by Gasteiger charge is 2.35. The average Bonchev–Trinajstić information content (AvgIpc) is 3.17. The van der Waals surface area contributed by atoms with Crippen LogP contribution in [-0.4, -0.2) is 80.9 Å². The number of Topliss-reactive ketones (excluding diaryl/α,β-unsaturated/α-hetero) is 1. The van der Waals surface area contributed by atoms with Crippen molar-refractivity contribution in [2.45, 2.75) is 43.3 Å². The summed E-state index contributed by atoms with van der Waals surface area (Å²) in [6.45, 7) is 1.45. The molecule has 0 radical (unpaired) electrons. The first-order chi connectivity index (χ1) is 16.9. The van der Waals surface area contributed by atoms with E-state index >= 15 is 0 Å². The number of aryl methyl sites for hydroxylation is 1. The second-order valence-corrected chi connectivity index (χ2v) is 14.0. The number of amides is 2. The van der Waals surface area contributed by atoms with Gasteiger partial charge < -0.3 is 10.6 Å². The van der Waals surface area contributed by atoms with Gasteiger partial charge in [-0.2, -0.15) is 4.31 Å². The van der Waals surface area contributed by atoms with Crippen molar-refractivity contribution in [3.05, 3.63) is 46.3 Å². The Kier molecular flexibility index (Phi) is 8.98. The van der Waals surface area contributed by atoms with Gasteiger partial charge in [-0.25, -0.2) is 21.8 Å². The molecule has 2 N–H and O–H groups in total. The molecule has 1 fully saturated rings. The Morgan fingerprint density at radius 1 is 1.19 bits per heavy atom. The third-order valence-electron chi connectivity index (χ3n) is 5.54. The summed E-state index contributed by atoms with van der Waals surface area (Å²) >= 11 is 1.23. The number of carbonyl (C=O) groups excluding carboxylic acids is 3. The van der Waals surface area contributed by atoms with E-state index in [4.69, 9.17) is 0 Å². The fourth-order valence-electron chi connectivity index (χ4n) is 3.64. The van der Waals surface area contributed by atoms with Crippen molar-refractivity contribution in [2.75, 3.05) is 25.1 Å². The fourth-order valence-corrected chi connectivity index (χ4v) is 6.45. The Balaban J connectivity index is 1.71. The van der Waals surface area contributed by atoms with Crippen LogP contribution in [0.2, 0.25) is 0 Å². The molecule has 36 heavy (non-hydrogen) atoms. The molecule has 1 aliphatic heterocycles. The van der Waals surface area contributed by atoms with E-state index in [1.165, 1.54) is 29.7 Å². The molecule has 3 rings (SSSR count). The maximum Gasteiger partial charge on any atom is 0.262 e. The lowest BCUT2D eigenvalue weighted by atomic mass is 10.1. The molecule has 0 aromatic carbocycles. The number of rotatable bonds is 9. The second-order valence-electron chi connectivity index (χ2n) is 8.53. The number of carbonyl (C=O) groups is 3. The molecular weight excluding hydrogens is 528 g/mol. The monoisotopic (exact) mass is 556 g/mol. The third-order valence-corrected chi connectivity index (χ3v) is 9.28. The molecule has 1 saturated heterocycles. The average molecular weight is 557 g/mol. The minimum absolute atomic E-state index is 0.0724. The molecular formula is C22H28N4O7S3. The summed E-state index contributed by atoms with van der Waals surface area (Å²) < 4.78 is 50.2. The van der Waals surface area contributed by atoms with E-state index in [1.54, 1.807) is 18.2 Å². The number of nitrogens with one attached hydrogen (secondary N) is 2. The number of hydrogen-bond acceptors (Lipinski definition) is 9. The van der Waals surface area contributed by atoms with E-state index in [-0.39, 0.29) is 30.2 Å². The van der Waals surface area contributed by atoms with Crippen LogP contribution in [0.5, 0.6) is 0 Å². The summed E-state index contributed by atoms with van der Waals surface area (Å²) in [5.41, 5.74) is 0. The Labute approximate surface area is 214 Å². The van der Waals surface area contributed by atoms with Crippen LogP contribution in [0.4, 0.5) is 0 Å².